The van der Waals surface area contributed by atoms with Crippen LogP contribution in [0.5, 0.6) is 5.75 Å². The molecule has 0 bridgehead atoms. The van der Waals surface area contributed by atoms with E-state index in [0.717, 1.165) is 6.29 Å². The van der Waals surface area contributed by atoms with E-state index in [9.17, 15) is 9.90 Å². The van der Waals surface area contributed by atoms with Gasteiger partial charge in [-0.1, -0.05) is 6.07 Å². The summed E-state index contributed by atoms with van der Waals surface area (Å²) in [5.74, 6) is 0.918. The lowest BCUT2D eigenvalue weighted by Gasteiger charge is -2.41. The fourth-order valence-electron chi connectivity index (χ4n) is 3.12. The Morgan fingerprint density at radius 1 is 1.37 bits per heavy atom. The molecule has 3 rings (SSSR count). The molecular weight excluding hydrogens is 348 g/mol. The Labute approximate surface area is 157 Å². The topological polar surface area (TPSA) is 106 Å². The molecule has 0 amide bonds. The Bertz CT molecular complexity index is 817. The zero-order valence-electron chi connectivity index (χ0n) is 15.7. The highest BCUT2D eigenvalue weighted by atomic mass is 16.7. The van der Waals surface area contributed by atoms with Crippen LogP contribution in [0, 0.1) is 6.92 Å². The van der Waals surface area contributed by atoms with Gasteiger partial charge < -0.3 is 19.9 Å². The van der Waals surface area contributed by atoms with Crippen LogP contribution < -0.4 is 10.1 Å². The molecule has 2 aromatic rings. The summed E-state index contributed by atoms with van der Waals surface area (Å²) in [6.45, 7) is 6.13. The van der Waals surface area contributed by atoms with Gasteiger partial charge in [0.1, 0.15) is 17.7 Å². The maximum atomic E-state index is 11.1. The van der Waals surface area contributed by atoms with Crippen LogP contribution in [0.2, 0.25) is 0 Å². The number of ether oxygens (including phenoxy) is 2. The van der Waals surface area contributed by atoms with Crippen molar-refractivity contribution < 1.29 is 19.4 Å². The zero-order valence-corrected chi connectivity index (χ0v) is 15.7. The van der Waals surface area contributed by atoms with Crippen molar-refractivity contribution in [3.8, 4) is 17.0 Å². The van der Waals surface area contributed by atoms with Crippen molar-refractivity contribution in [1.29, 1.82) is 0 Å². The first-order valence-electron chi connectivity index (χ1n) is 8.92. The van der Waals surface area contributed by atoms with Crippen molar-refractivity contribution in [2.45, 2.75) is 45.3 Å². The number of carbonyl (C=O) groups excluding carboxylic acids is 1. The second-order valence-electron chi connectivity index (χ2n) is 6.94. The molecule has 0 spiro atoms. The highest BCUT2D eigenvalue weighted by molar-refractivity contribution is 5.80. The molecule has 1 aliphatic carbocycles. The van der Waals surface area contributed by atoms with Gasteiger partial charge in [-0.3, -0.25) is 4.79 Å². The number of aldehydes is 1. The minimum atomic E-state index is -0.618. The predicted octanol–water partition coefficient (Wildman–Crippen LogP) is 2.36. The average Bonchev–Trinajstić information content (AvgIpc) is 2.61. The minimum Gasteiger partial charge on any atom is -0.467 e. The Morgan fingerprint density at radius 2 is 2.15 bits per heavy atom. The minimum absolute atomic E-state index is 0.0764. The van der Waals surface area contributed by atoms with E-state index in [1.807, 2.05) is 20.8 Å². The Hall–Kier alpha value is -2.58. The molecule has 0 unspecified atom stereocenters. The molecule has 1 aliphatic rings. The number of benzene rings is 1. The second kappa shape index (κ2) is 7.98. The molecule has 1 aromatic heterocycles. The SMILES string of the molecule is CCOCOc1cc(C=O)ccc1-c1nnc(NC2CC(C)(O)C2)nc1C. The molecule has 27 heavy (non-hydrogen) atoms. The molecule has 1 saturated carbocycles. The number of aromatic nitrogens is 3. The molecule has 1 aromatic carbocycles. The number of nitrogens with zero attached hydrogens (tertiary/aromatic N) is 3. The van der Waals surface area contributed by atoms with Gasteiger partial charge in [0.05, 0.1) is 11.3 Å². The lowest BCUT2D eigenvalue weighted by atomic mass is 9.77. The number of aryl methyl sites for hydroxylation is 1. The fraction of sp³-hybridized carbons (Fsp3) is 0.474. The first-order chi connectivity index (χ1) is 12.9. The normalized spacial score (nSPS) is 21.4. The van der Waals surface area contributed by atoms with Gasteiger partial charge in [0.15, 0.2) is 6.79 Å². The average molecular weight is 372 g/mol. The van der Waals surface area contributed by atoms with Crippen LogP contribution in [-0.2, 0) is 4.74 Å². The largest absolute Gasteiger partial charge is 0.467 e. The molecule has 8 heteroatoms. The van der Waals surface area contributed by atoms with Crippen molar-refractivity contribution in [2.24, 2.45) is 0 Å². The van der Waals surface area contributed by atoms with Gasteiger partial charge >= 0.3 is 0 Å². The van der Waals surface area contributed by atoms with Crippen LogP contribution in [0.3, 0.4) is 0 Å². The van der Waals surface area contributed by atoms with Crippen LogP contribution in [0.15, 0.2) is 18.2 Å². The van der Waals surface area contributed by atoms with Crippen LogP contribution in [0.4, 0.5) is 5.95 Å². The third-order valence-corrected chi connectivity index (χ3v) is 4.47. The molecule has 0 atom stereocenters. The predicted molar refractivity (Wildman–Crippen MR) is 99.8 cm³/mol. The molecule has 0 radical (unpaired) electrons. The number of carbonyl (C=O) groups is 1. The molecular formula is C19H24N4O4. The van der Waals surface area contributed by atoms with Crippen molar-refractivity contribution in [1.82, 2.24) is 15.2 Å². The summed E-state index contributed by atoms with van der Waals surface area (Å²) in [5.41, 5.74) is 1.83. The molecule has 2 N–H and O–H groups in total. The third kappa shape index (κ3) is 4.58. The van der Waals surface area contributed by atoms with Gasteiger partial charge in [-0.25, -0.2) is 4.98 Å². The van der Waals surface area contributed by atoms with Crippen molar-refractivity contribution in [2.75, 3.05) is 18.7 Å². The van der Waals surface area contributed by atoms with E-state index in [1.54, 1.807) is 18.2 Å². The van der Waals surface area contributed by atoms with Crippen molar-refractivity contribution in [3.05, 3.63) is 29.5 Å². The summed E-state index contributed by atoms with van der Waals surface area (Å²) in [5, 5.41) is 21.5. The summed E-state index contributed by atoms with van der Waals surface area (Å²) in [4.78, 5) is 15.6. The van der Waals surface area contributed by atoms with E-state index in [4.69, 9.17) is 9.47 Å². The maximum absolute atomic E-state index is 11.1. The first-order valence-corrected chi connectivity index (χ1v) is 8.92. The van der Waals surface area contributed by atoms with Gasteiger partial charge in [-0.05, 0) is 45.7 Å². The van der Waals surface area contributed by atoms with Crippen LogP contribution in [0.25, 0.3) is 11.3 Å². The van der Waals surface area contributed by atoms with E-state index in [2.05, 4.69) is 20.5 Å². The molecule has 0 aliphatic heterocycles. The number of anilines is 1. The zero-order chi connectivity index (χ0) is 19.4. The fourth-order valence-corrected chi connectivity index (χ4v) is 3.12. The monoisotopic (exact) mass is 372 g/mol. The van der Waals surface area contributed by atoms with Crippen molar-refractivity contribution >= 4 is 12.2 Å². The standard InChI is InChI=1S/C19H24N4O4/c1-4-26-11-27-16-7-13(10-24)5-6-15(16)17-12(2)20-18(23-22-17)21-14-8-19(3,25)9-14/h5-7,10,14,25H,4,8-9,11H2,1-3H3,(H,20,21,23). The smallest absolute Gasteiger partial charge is 0.243 e. The van der Waals surface area contributed by atoms with Gasteiger partial charge in [0, 0.05) is 23.8 Å². The van der Waals surface area contributed by atoms with E-state index in [0.29, 0.717) is 53.7 Å². The lowest BCUT2D eigenvalue weighted by molar-refractivity contribution is -0.0236. The first kappa shape index (κ1) is 19.2. The molecule has 8 nitrogen and oxygen atoms in total. The van der Waals surface area contributed by atoms with E-state index in [-0.39, 0.29) is 12.8 Å². The molecule has 0 saturated heterocycles. The Kier molecular flexibility index (Phi) is 5.67. The Balaban J connectivity index is 1.81. The van der Waals surface area contributed by atoms with Gasteiger partial charge in [0.2, 0.25) is 5.95 Å². The number of aliphatic hydroxyl groups is 1. The molecule has 1 heterocycles. The van der Waals surface area contributed by atoms with E-state index < -0.39 is 5.60 Å². The van der Waals surface area contributed by atoms with Crippen LogP contribution >= 0.6 is 0 Å². The highest BCUT2D eigenvalue weighted by Gasteiger charge is 2.38. The van der Waals surface area contributed by atoms with Crippen LogP contribution in [-0.4, -0.2) is 51.6 Å². The molecule has 144 valence electrons. The van der Waals surface area contributed by atoms with Gasteiger partial charge in [-0.2, -0.15) is 0 Å². The Morgan fingerprint density at radius 3 is 2.78 bits per heavy atom. The van der Waals surface area contributed by atoms with E-state index in [1.165, 1.54) is 0 Å². The molecule has 1 fully saturated rings. The quantitative estimate of drug-likeness (QED) is 0.413. The summed E-state index contributed by atoms with van der Waals surface area (Å²) >= 11 is 0. The van der Waals surface area contributed by atoms with E-state index >= 15 is 0 Å². The number of nitrogens with one attached hydrogen (secondary N) is 1. The summed E-state index contributed by atoms with van der Waals surface area (Å²) < 4.78 is 10.9. The second-order valence-corrected chi connectivity index (χ2v) is 6.94. The van der Waals surface area contributed by atoms with Crippen molar-refractivity contribution in [3.63, 3.8) is 0 Å². The van der Waals surface area contributed by atoms with Gasteiger partial charge in [0.25, 0.3) is 0 Å². The summed E-state index contributed by atoms with van der Waals surface area (Å²) in [6.07, 6.45) is 2.06. The number of hydrogen-bond acceptors (Lipinski definition) is 8. The van der Waals surface area contributed by atoms with Crippen LogP contribution in [0.1, 0.15) is 42.7 Å². The number of rotatable bonds is 8. The third-order valence-electron chi connectivity index (χ3n) is 4.47. The highest BCUT2D eigenvalue weighted by Crippen LogP contribution is 2.34. The number of hydrogen-bond donors (Lipinski definition) is 2. The lowest BCUT2D eigenvalue weighted by Crippen LogP contribution is -2.48. The summed E-state index contributed by atoms with van der Waals surface area (Å²) in [7, 11) is 0. The van der Waals surface area contributed by atoms with Gasteiger partial charge in [-0.15, -0.1) is 10.2 Å². The summed E-state index contributed by atoms with van der Waals surface area (Å²) in [6, 6.07) is 5.24. The maximum Gasteiger partial charge on any atom is 0.243 e.